The molecular formula is C22H23N3O6S. The Balaban J connectivity index is 1.58. The van der Waals surface area contributed by atoms with Crippen molar-refractivity contribution >= 4 is 21.4 Å². The average molecular weight is 458 g/mol. The van der Waals surface area contributed by atoms with E-state index in [4.69, 9.17) is 14.0 Å². The number of amides is 1. The lowest BCUT2D eigenvalue weighted by Crippen LogP contribution is -2.38. The van der Waals surface area contributed by atoms with Crippen molar-refractivity contribution in [3.05, 3.63) is 48.4 Å². The molecule has 0 radical (unpaired) electrons. The number of nitrogens with zero attached hydrogens (tertiary/aromatic N) is 3. The van der Waals surface area contributed by atoms with Crippen LogP contribution < -0.4 is 14.4 Å². The summed E-state index contributed by atoms with van der Waals surface area (Å²) < 4.78 is 41.0. The van der Waals surface area contributed by atoms with Gasteiger partial charge in [-0.05, 0) is 56.3 Å². The second-order valence-corrected chi connectivity index (χ2v) is 9.78. The van der Waals surface area contributed by atoms with Crippen molar-refractivity contribution in [2.75, 3.05) is 17.3 Å². The van der Waals surface area contributed by atoms with Crippen LogP contribution in [0.1, 0.15) is 26.7 Å². The number of rotatable bonds is 7. The number of aromatic nitrogens is 2. The van der Waals surface area contributed by atoms with Gasteiger partial charge < -0.3 is 14.0 Å². The number of fused-ring (bicyclic) bond motifs is 1. The second-order valence-electron chi connectivity index (χ2n) is 7.50. The van der Waals surface area contributed by atoms with E-state index in [1.807, 2.05) is 38.1 Å². The average Bonchev–Trinajstić information content (AvgIpc) is 3.24. The van der Waals surface area contributed by atoms with Gasteiger partial charge in [-0.15, -0.1) is 0 Å². The summed E-state index contributed by atoms with van der Waals surface area (Å²) in [4.78, 5) is 18.4. The van der Waals surface area contributed by atoms with Crippen molar-refractivity contribution in [1.29, 1.82) is 0 Å². The van der Waals surface area contributed by atoms with Crippen molar-refractivity contribution in [2.45, 2.75) is 38.3 Å². The third-order valence-corrected chi connectivity index (χ3v) is 6.59. The topological polar surface area (TPSA) is 112 Å². The van der Waals surface area contributed by atoms with Crippen molar-refractivity contribution < 1.29 is 27.2 Å². The Morgan fingerprint density at radius 2 is 1.91 bits per heavy atom. The summed E-state index contributed by atoms with van der Waals surface area (Å²) in [6.07, 6.45) is 0.0689. The molecule has 4 rings (SSSR count). The lowest BCUT2D eigenvalue weighted by molar-refractivity contribution is -0.121. The Morgan fingerprint density at radius 3 is 2.59 bits per heavy atom. The van der Waals surface area contributed by atoms with Gasteiger partial charge in [-0.3, -0.25) is 9.69 Å². The molecule has 0 atom stereocenters. The number of carbonyl (C=O) groups is 1. The molecule has 0 unspecified atom stereocenters. The first-order valence-electron chi connectivity index (χ1n) is 10.2. The minimum Gasteiger partial charge on any atom is -0.491 e. The van der Waals surface area contributed by atoms with E-state index in [9.17, 15) is 13.2 Å². The van der Waals surface area contributed by atoms with Crippen LogP contribution in [-0.4, -0.2) is 42.9 Å². The van der Waals surface area contributed by atoms with Gasteiger partial charge in [-0.1, -0.05) is 12.1 Å². The summed E-state index contributed by atoms with van der Waals surface area (Å²) in [5.74, 6) is 1.36. The van der Waals surface area contributed by atoms with Crippen LogP contribution in [0.2, 0.25) is 0 Å². The minimum absolute atomic E-state index is 0.00758. The number of ether oxygens (including phenoxy) is 2. The van der Waals surface area contributed by atoms with E-state index in [-0.39, 0.29) is 41.7 Å². The molecule has 2 aromatic carbocycles. The molecule has 1 aromatic heterocycles. The van der Waals surface area contributed by atoms with Crippen molar-refractivity contribution in [2.24, 2.45) is 0 Å². The maximum atomic E-state index is 12.5. The summed E-state index contributed by atoms with van der Waals surface area (Å²) >= 11 is 0. The van der Waals surface area contributed by atoms with Gasteiger partial charge in [0, 0.05) is 5.56 Å². The lowest BCUT2D eigenvalue weighted by Gasteiger charge is -2.28. The first-order valence-corrected chi connectivity index (χ1v) is 11.8. The number of sulfone groups is 1. The number of anilines is 1. The van der Waals surface area contributed by atoms with Gasteiger partial charge >= 0.3 is 0 Å². The van der Waals surface area contributed by atoms with Crippen LogP contribution in [0.15, 0.2) is 51.9 Å². The predicted molar refractivity (Wildman–Crippen MR) is 116 cm³/mol. The maximum Gasteiger partial charge on any atom is 0.265 e. The molecule has 1 aliphatic heterocycles. The summed E-state index contributed by atoms with van der Waals surface area (Å²) in [6.45, 7) is 5.30. The lowest BCUT2D eigenvalue weighted by atomic mass is 10.2. The molecule has 1 aliphatic rings. The molecule has 3 aromatic rings. The molecular weight excluding hydrogens is 434 g/mol. The Labute approximate surface area is 185 Å². The highest BCUT2D eigenvalue weighted by atomic mass is 32.2. The Bertz CT molecular complexity index is 1230. The monoisotopic (exact) mass is 457 g/mol. The van der Waals surface area contributed by atoms with Gasteiger partial charge in [-0.25, -0.2) is 8.42 Å². The van der Waals surface area contributed by atoms with Crippen LogP contribution in [0.3, 0.4) is 0 Å². The molecule has 2 heterocycles. The molecule has 10 heteroatoms. The zero-order valence-electron chi connectivity index (χ0n) is 17.9. The second kappa shape index (κ2) is 8.62. The molecule has 168 valence electrons. The van der Waals surface area contributed by atoms with Crippen LogP contribution in [0.25, 0.3) is 11.4 Å². The molecule has 9 nitrogen and oxygen atoms in total. The predicted octanol–water partition coefficient (Wildman–Crippen LogP) is 3.24. The van der Waals surface area contributed by atoms with Crippen molar-refractivity contribution in [3.63, 3.8) is 0 Å². The van der Waals surface area contributed by atoms with E-state index in [1.54, 1.807) is 13.0 Å². The summed E-state index contributed by atoms with van der Waals surface area (Å²) in [6, 6.07) is 11.8. The zero-order chi connectivity index (χ0) is 22.9. The molecule has 0 bridgehead atoms. The van der Waals surface area contributed by atoms with Crippen LogP contribution >= 0.6 is 0 Å². The van der Waals surface area contributed by atoms with E-state index < -0.39 is 9.84 Å². The molecule has 0 fully saturated rings. The Morgan fingerprint density at radius 1 is 1.16 bits per heavy atom. The van der Waals surface area contributed by atoms with Gasteiger partial charge in [0.25, 0.3) is 5.91 Å². The van der Waals surface area contributed by atoms with Crippen molar-refractivity contribution in [3.8, 4) is 22.9 Å². The van der Waals surface area contributed by atoms with Gasteiger partial charge in [-0.2, -0.15) is 4.98 Å². The molecule has 0 spiro atoms. The van der Waals surface area contributed by atoms with Gasteiger partial charge in [0.1, 0.15) is 18.0 Å². The van der Waals surface area contributed by atoms with E-state index in [0.717, 1.165) is 11.3 Å². The summed E-state index contributed by atoms with van der Waals surface area (Å²) in [5.41, 5.74) is 1.09. The van der Waals surface area contributed by atoms with Crippen LogP contribution in [0.4, 0.5) is 5.69 Å². The van der Waals surface area contributed by atoms with Crippen LogP contribution in [0, 0.1) is 0 Å². The van der Waals surface area contributed by atoms with E-state index in [0.29, 0.717) is 17.3 Å². The summed E-state index contributed by atoms with van der Waals surface area (Å²) in [7, 11) is -3.44. The first-order chi connectivity index (χ1) is 15.3. The molecule has 0 aliphatic carbocycles. The highest BCUT2D eigenvalue weighted by molar-refractivity contribution is 7.91. The number of hydrogen-bond acceptors (Lipinski definition) is 8. The van der Waals surface area contributed by atoms with Crippen LogP contribution in [-0.2, 0) is 21.2 Å². The first kappa shape index (κ1) is 21.8. The molecule has 0 saturated heterocycles. The van der Waals surface area contributed by atoms with Gasteiger partial charge in [0.05, 0.1) is 22.4 Å². The molecule has 0 saturated carbocycles. The Hall–Kier alpha value is -3.40. The fourth-order valence-corrected chi connectivity index (χ4v) is 4.14. The van der Waals surface area contributed by atoms with E-state index in [1.165, 1.54) is 17.0 Å². The van der Waals surface area contributed by atoms with Crippen LogP contribution in [0.5, 0.6) is 11.5 Å². The van der Waals surface area contributed by atoms with Gasteiger partial charge in [0.15, 0.2) is 16.4 Å². The molecule has 32 heavy (non-hydrogen) atoms. The normalized spacial score (nSPS) is 13.8. The fourth-order valence-electron chi connectivity index (χ4n) is 3.24. The fraction of sp³-hybridized carbons (Fsp3) is 0.318. The smallest absolute Gasteiger partial charge is 0.265 e. The highest BCUT2D eigenvalue weighted by Gasteiger charge is 2.29. The maximum absolute atomic E-state index is 12.5. The molecule has 1 amide bonds. The summed E-state index contributed by atoms with van der Waals surface area (Å²) in [5, 5.41) is 4.00. The Kier molecular flexibility index (Phi) is 5.88. The van der Waals surface area contributed by atoms with Gasteiger partial charge in [0.2, 0.25) is 11.7 Å². The number of hydrogen-bond donors (Lipinski definition) is 0. The zero-order valence-corrected chi connectivity index (χ0v) is 18.8. The SMILES string of the molecule is CCS(=O)(=O)c1ccc2c(c1)N(Cc1nc(-c3ccc(OC(C)C)cc3)no1)C(=O)CO2. The quantitative estimate of drug-likeness (QED) is 0.532. The largest absolute Gasteiger partial charge is 0.491 e. The standard InChI is InChI=1S/C22H23N3O6S/c1-4-32(27,28)17-9-10-19-18(11-17)25(21(26)13-29-19)12-20-23-22(24-31-20)15-5-7-16(8-6-15)30-14(2)3/h5-11,14H,4,12-13H2,1-3H3. The van der Waals surface area contributed by atoms with E-state index >= 15 is 0 Å². The van der Waals surface area contributed by atoms with E-state index in [2.05, 4.69) is 10.1 Å². The highest BCUT2D eigenvalue weighted by Crippen LogP contribution is 2.35. The number of carbonyl (C=O) groups excluding carboxylic acids is 1. The minimum atomic E-state index is -3.44. The third-order valence-electron chi connectivity index (χ3n) is 4.86. The molecule has 0 N–H and O–H groups in total. The third kappa shape index (κ3) is 4.45. The van der Waals surface area contributed by atoms with Crippen molar-refractivity contribution in [1.82, 2.24) is 10.1 Å². The number of benzene rings is 2.